The summed E-state index contributed by atoms with van der Waals surface area (Å²) in [5.41, 5.74) is 4.73. The molecule has 0 aliphatic rings. The lowest BCUT2D eigenvalue weighted by Crippen LogP contribution is -2.12. The van der Waals surface area contributed by atoms with Gasteiger partial charge in [-0.15, -0.1) is 0 Å². The first-order valence-electron chi connectivity index (χ1n) is 9.80. The summed E-state index contributed by atoms with van der Waals surface area (Å²) >= 11 is 0. The van der Waals surface area contributed by atoms with Crippen LogP contribution in [0.5, 0.6) is 5.75 Å². The Morgan fingerprint density at radius 3 is 2.57 bits per heavy atom. The van der Waals surface area contributed by atoms with Crippen LogP contribution in [0.2, 0.25) is 0 Å². The lowest BCUT2D eigenvalue weighted by molar-refractivity contribution is -0.141. The van der Waals surface area contributed by atoms with Gasteiger partial charge in [0.15, 0.2) is 0 Å². The van der Waals surface area contributed by atoms with Crippen LogP contribution in [0.25, 0.3) is 22.0 Å². The van der Waals surface area contributed by atoms with Crippen LogP contribution in [0.15, 0.2) is 72.9 Å². The molecule has 2 N–H and O–H groups in total. The Labute approximate surface area is 173 Å². The number of rotatable bonds is 7. The molecule has 0 fully saturated rings. The first kappa shape index (κ1) is 19.7. The van der Waals surface area contributed by atoms with Crippen LogP contribution in [0.4, 0.5) is 4.39 Å². The molecule has 1 atom stereocenters. The molecule has 0 amide bonds. The normalized spacial score (nSPS) is 12.1. The molecular formula is C25H22FNO3. The van der Waals surface area contributed by atoms with Crippen molar-refractivity contribution in [3.05, 3.63) is 89.9 Å². The Balaban J connectivity index is 1.68. The van der Waals surface area contributed by atoms with E-state index in [1.165, 1.54) is 12.1 Å². The molecule has 1 unspecified atom stereocenters. The molecule has 152 valence electrons. The smallest absolute Gasteiger partial charge is 0.306 e. The number of fused-ring (bicyclic) bond motifs is 1. The van der Waals surface area contributed by atoms with Crippen LogP contribution in [-0.4, -0.2) is 16.1 Å². The fourth-order valence-electron chi connectivity index (χ4n) is 3.46. The molecule has 1 aromatic heterocycles. The minimum absolute atomic E-state index is 0.281. The Bertz CT molecular complexity index is 1180. The number of hydrogen-bond acceptors (Lipinski definition) is 2. The minimum Gasteiger partial charge on any atom is -0.488 e. The maximum Gasteiger partial charge on any atom is 0.306 e. The molecule has 5 heteroatoms. The summed E-state index contributed by atoms with van der Waals surface area (Å²) in [7, 11) is 0. The molecule has 0 saturated carbocycles. The second kappa shape index (κ2) is 8.41. The number of nitrogens with one attached hydrogen (secondary N) is 1. The number of H-pyrrole nitrogens is 1. The van der Waals surface area contributed by atoms with Crippen molar-refractivity contribution in [1.82, 2.24) is 4.98 Å². The van der Waals surface area contributed by atoms with Crippen LogP contribution in [0, 0.1) is 11.7 Å². The summed E-state index contributed by atoms with van der Waals surface area (Å²) < 4.78 is 19.2. The molecule has 4 rings (SSSR count). The van der Waals surface area contributed by atoms with E-state index in [1.807, 2.05) is 42.6 Å². The van der Waals surface area contributed by atoms with Gasteiger partial charge in [0.1, 0.15) is 18.2 Å². The van der Waals surface area contributed by atoms with Gasteiger partial charge in [0.25, 0.3) is 0 Å². The Kier molecular flexibility index (Phi) is 5.53. The third kappa shape index (κ3) is 4.35. The highest BCUT2D eigenvalue weighted by Crippen LogP contribution is 2.34. The summed E-state index contributed by atoms with van der Waals surface area (Å²) in [4.78, 5) is 14.5. The van der Waals surface area contributed by atoms with Crippen LogP contribution >= 0.6 is 0 Å². The lowest BCUT2D eigenvalue weighted by atomic mass is 9.96. The molecule has 0 spiro atoms. The summed E-state index contributed by atoms with van der Waals surface area (Å²) in [5.74, 6) is -0.880. The third-order valence-electron chi connectivity index (χ3n) is 5.18. The number of halogens is 1. The molecule has 4 nitrogen and oxygen atoms in total. The molecule has 0 radical (unpaired) electrons. The monoisotopic (exact) mass is 403 g/mol. The summed E-state index contributed by atoms with van der Waals surface area (Å²) in [6.07, 6.45) is 2.33. The van der Waals surface area contributed by atoms with E-state index in [2.05, 4.69) is 11.1 Å². The average molecular weight is 403 g/mol. The largest absolute Gasteiger partial charge is 0.488 e. The van der Waals surface area contributed by atoms with E-state index in [1.54, 1.807) is 19.1 Å². The number of carbonyl (C=O) groups is 1. The number of aromatic nitrogens is 1. The number of hydrogen-bond donors (Lipinski definition) is 2. The first-order chi connectivity index (χ1) is 14.5. The molecule has 0 aliphatic heterocycles. The van der Waals surface area contributed by atoms with E-state index in [0.717, 1.165) is 33.2 Å². The van der Waals surface area contributed by atoms with Gasteiger partial charge in [0.05, 0.1) is 5.92 Å². The molecular weight excluding hydrogens is 381 g/mol. The third-order valence-corrected chi connectivity index (χ3v) is 5.18. The van der Waals surface area contributed by atoms with Gasteiger partial charge in [-0.25, -0.2) is 4.39 Å². The Hall–Kier alpha value is -3.60. The van der Waals surface area contributed by atoms with Crippen molar-refractivity contribution in [2.24, 2.45) is 5.92 Å². The van der Waals surface area contributed by atoms with Gasteiger partial charge in [-0.2, -0.15) is 0 Å². The topological polar surface area (TPSA) is 62.3 Å². The number of carboxylic acid groups (broad SMARTS) is 1. The fourth-order valence-corrected chi connectivity index (χ4v) is 3.46. The van der Waals surface area contributed by atoms with E-state index in [0.29, 0.717) is 18.8 Å². The molecule has 3 aromatic carbocycles. The highest BCUT2D eigenvalue weighted by molar-refractivity contribution is 5.86. The highest BCUT2D eigenvalue weighted by Gasteiger charge is 2.15. The average Bonchev–Trinajstić information content (AvgIpc) is 3.21. The van der Waals surface area contributed by atoms with E-state index in [-0.39, 0.29) is 5.82 Å². The Morgan fingerprint density at radius 1 is 1.03 bits per heavy atom. The maximum atomic E-state index is 13.2. The molecule has 4 aromatic rings. The van der Waals surface area contributed by atoms with Gasteiger partial charge < -0.3 is 14.8 Å². The fraction of sp³-hybridized carbons (Fsp3) is 0.160. The van der Waals surface area contributed by atoms with Crippen LogP contribution in [0.1, 0.15) is 18.1 Å². The standard InChI is InChI=1S/C25H22FNO3/c1-16(25(28)29)12-18-4-9-24(30-15-17-2-6-21(26)7-3-17)22(13-18)19-5-8-23-20(14-19)10-11-27-23/h2-11,13-14,16,27H,12,15H2,1H3,(H,28,29). The van der Waals surface area contributed by atoms with Gasteiger partial charge in [-0.05, 0) is 71.0 Å². The Morgan fingerprint density at radius 2 is 1.80 bits per heavy atom. The highest BCUT2D eigenvalue weighted by atomic mass is 19.1. The summed E-state index contributed by atoms with van der Waals surface area (Å²) in [5, 5.41) is 10.3. The van der Waals surface area contributed by atoms with Crippen molar-refractivity contribution in [2.75, 3.05) is 0 Å². The van der Waals surface area contributed by atoms with Gasteiger partial charge in [-0.3, -0.25) is 4.79 Å². The van der Waals surface area contributed by atoms with Gasteiger partial charge in [0.2, 0.25) is 0 Å². The number of ether oxygens (including phenoxy) is 1. The SMILES string of the molecule is CC(Cc1ccc(OCc2ccc(F)cc2)c(-c2ccc3[nH]ccc3c2)c1)C(=O)O. The number of aromatic amines is 1. The van der Waals surface area contributed by atoms with Crippen molar-refractivity contribution in [2.45, 2.75) is 20.0 Å². The van der Waals surface area contributed by atoms with Crippen molar-refractivity contribution in [1.29, 1.82) is 0 Å². The van der Waals surface area contributed by atoms with Crippen molar-refractivity contribution < 1.29 is 19.0 Å². The molecule has 0 aliphatic carbocycles. The molecule has 0 saturated heterocycles. The summed E-state index contributed by atoms with van der Waals surface area (Å²) in [6.45, 7) is 2.01. The van der Waals surface area contributed by atoms with Crippen LogP contribution in [0.3, 0.4) is 0 Å². The first-order valence-corrected chi connectivity index (χ1v) is 9.80. The van der Waals surface area contributed by atoms with Gasteiger partial charge in [0, 0.05) is 17.3 Å². The number of aliphatic carboxylic acids is 1. The lowest BCUT2D eigenvalue weighted by Gasteiger charge is -2.15. The second-order valence-corrected chi connectivity index (χ2v) is 7.47. The number of carboxylic acids is 1. The molecule has 30 heavy (non-hydrogen) atoms. The zero-order valence-electron chi connectivity index (χ0n) is 16.6. The predicted octanol–water partition coefficient (Wildman–Crippen LogP) is 5.82. The van der Waals surface area contributed by atoms with Gasteiger partial charge in [-0.1, -0.05) is 31.2 Å². The van der Waals surface area contributed by atoms with Crippen molar-refractivity contribution in [3.63, 3.8) is 0 Å². The van der Waals surface area contributed by atoms with E-state index < -0.39 is 11.9 Å². The zero-order valence-corrected chi connectivity index (χ0v) is 16.6. The maximum absolute atomic E-state index is 13.2. The predicted molar refractivity (Wildman–Crippen MR) is 115 cm³/mol. The summed E-state index contributed by atoms with van der Waals surface area (Å²) in [6, 6.07) is 20.1. The quantitative estimate of drug-likeness (QED) is 0.409. The second-order valence-electron chi connectivity index (χ2n) is 7.47. The van der Waals surface area contributed by atoms with Crippen LogP contribution < -0.4 is 4.74 Å². The molecule has 1 heterocycles. The van der Waals surface area contributed by atoms with Crippen molar-refractivity contribution in [3.8, 4) is 16.9 Å². The van der Waals surface area contributed by atoms with E-state index in [4.69, 9.17) is 4.74 Å². The van der Waals surface area contributed by atoms with E-state index >= 15 is 0 Å². The van der Waals surface area contributed by atoms with Crippen LogP contribution in [-0.2, 0) is 17.8 Å². The van der Waals surface area contributed by atoms with Crippen molar-refractivity contribution >= 4 is 16.9 Å². The van der Waals surface area contributed by atoms with Gasteiger partial charge >= 0.3 is 5.97 Å². The zero-order chi connectivity index (χ0) is 21.1. The molecule has 0 bridgehead atoms. The van der Waals surface area contributed by atoms with E-state index in [9.17, 15) is 14.3 Å². The minimum atomic E-state index is -0.818. The number of benzene rings is 3.